The van der Waals surface area contributed by atoms with Crippen LogP contribution in [0.25, 0.3) is 0 Å². The van der Waals surface area contributed by atoms with Crippen LogP contribution in [0.15, 0.2) is 53.4 Å². The van der Waals surface area contributed by atoms with Crippen LogP contribution in [0.1, 0.15) is 20.7 Å². The monoisotopic (exact) mass is 348 g/mol. The maximum Gasteiger partial charge on any atom is 0.335 e. The van der Waals surface area contributed by atoms with Gasteiger partial charge in [-0.3, -0.25) is 4.79 Å². The zero-order chi connectivity index (χ0) is 17.9. The van der Waals surface area contributed by atoms with Gasteiger partial charge in [0.1, 0.15) is 0 Å². The Labute approximate surface area is 139 Å². The highest BCUT2D eigenvalue weighted by atomic mass is 32.2. The Morgan fingerprint density at radius 2 is 1.42 bits per heavy atom. The molecule has 7 nitrogen and oxygen atoms in total. The lowest BCUT2D eigenvalue weighted by Gasteiger charge is -2.11. The number of rotatable bonds is 5. The third-order valence-corrected chi connectivity index (χ3v) is 5.11. The first kappa shape index (κ1) is 17.6. The average molecular weight is 348 g/mol. The van der Waals surface area contributed by atoms with Crippen molar-refractivity contribution in [1.82, 2.24) is 4.31 Å². The summed E-state index contributed by atoms with van der Waals surface area (Å²) in [6.45, 7) is 0. The van der Waals surface area contributed by atoms with Crippen molar-refractivity contribution >= 4 is 27.6 Å². The quantitative estimate of drug-likeness (QED) is 0.859. The number of amides is 1. The lowest BCUT2D eigenvalue weighted by atomic mass is 10.2. The second kappa shape index (κ2) is 6.81. The molecule has 2 rings (SSSR count). The van der Waals surface area contributed by atoms with E-state index in [4.69, 9.17) is 5.11 Å². The van der Waals surface area contributed by atoms with Crippen molar-refractivity contribution in [3.05, 3.63) is 59.7 Å². The number of hydrogen-bond donors (Lipinski definition) is 2. The van der Waals surface area contributed by atoms with Gasteiger partial charge in [-0.1, -0.05) is 0 Å². The number of benzene rings is 2. The van der Waals surface area contributed by atoms with E-state index >= 15 is 0 Å². The second-order valence-corrected chi connectivity index (χ2v) is 7.30. The Kier molecular flexibility index (Phi) is 5.01. The summed E-state index contributed by atoms with van der Waals surface area (Å²) in [4.78, 5) is 23.0. The molecule has 0 heterocycles. The number of nitrogens with zero attached hydrogens (tertiary/aromatic N) is 1. The summed E-state index contributed by atoms with van der Waals surface area (Å²) < 4.78 is 25.0. The fourth-order valence-electron chi connectivity index (χ4n) is 1.89. The summed E-state index contributed by atoms with van der Waals surface area (Å²) in [7, 11) is -0.691. The highest BCUT2D eigenvalue weighted by molar-refractivity contribution is 7.89. The molecule has 0 spiro atoms. The van der Waals surface area contributed by atoms with Crippen LogP contribution >= 0.6 is 0 Å². The molecule has 0 unspecified atom stereocenters. The van der Waals surface area contributed by atoms with E-state index in [-0.39, 0.29) is 16.0 Å². The van der Waals surface area contributed by atoms with Crippen LogP contribution in [0.3, 0.4) is 0 Å². The first-order valence-corrected chi connectivity index (χ1v) is 8.33. The molecule has 0 saturated heterocycles. The summed E-state index contributed by atoms with van der Waals surface area (Å²) in [6.07, 6.45) is 0. The van der Waals surface area contributed by atoms with E-state index in [2.05, 4.69) is 5.32 Å². The smallest absolute Gasteiger partial charge is 0.335 e. The van der Waals surface area contributed by atoms with Crippen LogP contribution in [-0.4, -0.2) is 43.8 Å². The van der Waals surface area contributed by atoms with Crippen molar-refractivity contribution in [2.24, 2.45) is 0 Å². The van der Waals surface area contributed by atoms with Gasteiger partial charge in [0.05, 0.1) is 10.5 Å². The molecule has 0 aliphatic carbocycles. The minimum Gasteiger partial charge on any atom is -0.478 e. The molecule has 0 fully saturated rings. The zero-order valence-corrected chi connectivity index (χ0v) is 13.9. The number of carboxylic acid groups (broad SMARTS) is 1. The van der Waals surface area contributed by atoms with Gasteiger partial charge in [-0.05, 0) is 48.5 Å². The van der Waals surface area contributed by atoms with Crippen molar-refractivity contribution in [3.63, 3.8) is 0 Å². The summed E-state index contributed by atoms with van der Waals surface area (Å²) >= 11 is 0. The van der Waals surface area contributed by atoms with E-state index in [0.717, 1.165) is 4.31 Å². The van der Waals surface area contributed by atoms with Crippen LogP contribution < -0.4 is 5.32 Å². The Bertz CT molecular complexity index is 856. The normalized spacial score (nSPS) is 11.3. The Hall–Kier alpha value is -2.71. The van der Waals surface area contributed by atoms with Crippen molar-refractivity contribution in [2.75, 3.05) is 19.4 Å². The number of carboxylic acids is 1. The van der Waals surface area contributed by atoms with Crippen molar-refractivity contribution in [2.45, 2.75) is 4.90 Å². The fourth-order valence-corrected chi connectivity index (χ4v) is 2.79. The highest BCUT2D eigenvalue weighted by Crippen LogP contribution is 2.16. The van der Waals surface area contributed by atoms with E-state index in [1.165, 1.54) is 62.6 Å². The van der Waals surface area contributed by atoms with Crippen molar-refractivity contribution < 1.29 is 23.1 Å². The summed E-state index contributed by atoms with van der Waals surface area (Å²) in [5, 5.41) is 11.4. The summed E-state index contributed by atoms with van der Waals surface area (Å²) in [6, 6.07) is 11.3. The van der Waals surface area contributed by atoms with Crippen LogP contribution in [0.4, 0.5) is 5.69 Å². The number of carbonyl (C=O) groups is 2. The molecule has 24 heavy (non-hydrogen) atoms. The van der Waals surface area contributed by atoms with E-state index in [9.17, 15) is 18.0 Å². The Morgan fingerprint density at radius 3 is 1.88 bits per heavy atom. The standard InChI is InChI=1S/C16H16N2O5S/c1-18(2)24(22,23)14-9-5-11(6-10-14)15(19)17-13-7-3-12(4-8-13)16(20)21/h3-10H,1-2H3,(H,17,19)(H,20,21). The lowest BCUT2D eigenvalue weighted by Crippen LogP contribution is -2.22. The molecule has 0 saturated carbocycles. The third kappa shape index (κ3) is 3.79. The van der Waals surface area contributed by atoms with Gasteiger partial charge in [-0.2, -0.15) is 0 Å². The minimum atomic E-state index is -3.55. The molecular weight excluding hydrogens is 332 g/mol. The highest BCUT2D eigenvalue weighted by Gasteiger charge is 2.17. The molecule has 0 atom stereocenters. The number of aromatic carboxylic acids is 1. The lowest BCUT2D eigenvalue weighted by molar-refractivity contribution is 0.0696. The zero-order valence-electron chi connectivity index (χ0n) is 13.1. The maximum atomic E-state index is 12.1. The summed E-state index contributed by atoms with van der Waals surface area (Å²) in [5.74, 6) is -1.47. The van der Waals surface area contributed by atoms with E-state index in [0.29, 0.717) is 5.69 Å². The fraction of sp³-hybridized carbons (Fsp3) is 0.125. The molecule has 2 aromatic rings. The van der Waals surface area contributed by atoms with Crippen LogP contribution in [0.2, 0.25) is 0 Å². The largest absolute Gasteiger partial charge is 0.478 e. The predicted octanol–water partition coefficient (Wildman–Crippen LogP) is 1.89. The van der Waals surface area contributed by atoms with E-state index in [1.807, 2.05) is 0 Å². The Morgan fingerprint density at radius 1 is 0.917 bits per heavy atom. The molecule has 1 amide bonds. The van der Waals surface area contributed by atoms with Gasteiger partial charge in [0.15, 0.2) is 0 Å². The number of sulfonamides is 1. The van der Waals surface area contributed by atoms with Crippen molar-refractivity contribution in [3.8, 4) is 0 Å². The van der Waals surface area contributed by atoms with Crippen molar-refractivity contribution in [1.29, 1.82) is 0 Å². The molecule has 0 aliphatic heterocycles. The van der Waals surface area contributed by atoms with Gasteiger partial charge < -0.3 is 10.4 Å². The molecule has 126 valence electrons. The molecule has 2 N–H and O–H groups in total. The Balaban J connectivity index is 2.14. The number of nitrogens with one attached hydrogen (secondary N) is 1. The first-order chi connectivity index (χ1) is 11.2. The van der Waals surface area contributed by atoms with Gasteiger partial charge in [0.25, 0.3) is 5.91 Å². The first-order valence-electron chi connectivity index (χ1n) is 6.89. The van der Waals surface area contributed by atoms with Gasteiger partial charge in [-0.15, -0.1) is 0 Å². The average Bonchev–Trinajstić information content (AvgIpc) is 2.55. The number of hydrogen-bond acceptors (Lipinski definition) is 4. The molecule has 0 bridgehead atoms. The topological polar surface area (TPSA) is 104 Å². The third-order valence-electron chi connectivity index (χ3n) is 3.28. The molecule has 8 heteroatoms. The van der Waals surface area contributed by atoms with Crippen LogP contribution in [0.5, 0.6) is 0 Å². The van der Waals surface area contributed by atoms with Gasteiger partial charge >= 0.3 is 5.97 Å². The molecule has 0 aromatic heterocycles. The second-order valence-electron chi connectivity index (χ2n) is 5.15. The minimum absolute atomic E-state index is 0.0925. The van der Waals surface area contributed by atoms with Crippen LogP contribution in [-0.2, 0) is 10.0 Å². The van der Waals surface area contributed by atoms with Crippen LogP contribution in [0, 0.1) is 0 Å². The molecule has 0 aliphatic rings. The van der Waals surface area contributed by atoms with E-state index in [1.54, 1.807) is 0 Å². The van der Waals surface area contributed by atoms with Gasteiger partial charge in [0, 0.05) is 25.3 Å². The van der Waals surface area contributed by atoms with Gasteiger partial charge in [0.2, 0.25) is 10.0 Å². The molecule has 2 aromatic carbocycles. The maximum absolute atomic E-state index is 12.1. The van der Waals surface area contributed by atoms with E-state index < -0.39 is 21.9 Å². The SMILES string of the molecule is CN(C)S(=O)(=O)c1ccc(C(=O)Nc2ccc(C(=O)O)cc2)cc1. The summed E-state index contributed by atoms with van der Waals surface area (Å²) in [5.41, 5.74) is 0.844. The number of anilines is 1. The predicted molar refractivity (Wildman–Crippen MR) is 88.7 cm³/mol. The molecular formula is C16H16N2O5S. The molecule has 0 radical (unpaired) electrons. The number of carbonyl (C=O) groups excluding carboxylic acids is 1. The van der Waals surface area contributed by atoms with Gasteiger partial charge in [-0.25, -0.2) is 17.5 Å².